The molecule has 0 atom stereocenters. The molecule has 2 N–H and O–H groups in total. The van der Waals surface area contributed by atoms with Crippen molar-refractivity contribution in [3.63, 3.8) is 0 Å². The van der Waals surface area contributed by atoms with Gasteiger partial charge in [0, 0.05) is 14.1 Å². The van der Waals surface area contributed by atoms with E-state index in [9.17, 15) is 9.59 Å². The van der Waals surface area contributed by atoms with Crippen LogP contribution in [-0.4, -0.2) is 32.5 Å². The summed E-state index contributed by atoms with van der Waals surface area (Å²) in [4.78, 5) is 26.2. The van der Waals surface area contributed by atoms with Gasteiger partial charge in [-0.1, -0.05) is 17.3 Å². The van der Waals surface area contributed by atoms with Crippen LogP contribution in [0.4, 0.5) is 9.59 Å². The smallest absolute Gasteiger partial charge is 0.410 e. The molecule has 0 radical (unpaired) electrons. The van der Waals surface area contributed by atoms with Crippen molar-refractivity contribution in [2.24, 2.45) is 5.16 Å². The molecule has 0 unspecified atom stereocenters. The minimum atomic E-state index is -0.663. The van der Waals surface area contributed by atoms with Crippen molar-refractivity contribution >= 4 is 18.4 Å². The predicted molar refractivity (Wildman–Crippen MR) is 64.7 cm³/mol. The molecule has 0 fully saturated rings. The Morgan fingerprint density at radius 2 is 1.94 bits per heavy atom. The summed E-state index contributed by atoms with van der Waals surface area (Å²) in [5.41, 5.74) is 0.625. The van der Waals surface area contributed by atoms with Crippen molar-refractivity contribution in [2.45, 2.75) is 0 Å². The maximum absolute atomic E-state index is 11.0. The average molecular weight is 251 g/mol. The Bertz CT molecular complexity index is 459. The third kappa shape index (κ3) is 4.52. The molecule has 1 aromatic rings. The average Bonchev–Trinajstić information content (AvgIpc) is 2.38. The van der Waals surface area contributed by atoms with Crippen LogP contribution in [0.2, 0.25) is 0 Å². The van der Waals surface area contributed by atoms with Gasteiger partial charge in [0.15, 0.2) is 0 Å². The van der Waals surface area contributed by atoms with Gasteiger partial charge in [-0.15, -0.1) is 0 Å². The van der Waals surface area contributed by atoms with Gasteiger partial charge in [-0.25, -0.2) is 9.59 Å². The van der Waals surface area contributed by atoms with Crippen molar-refractivity contribution in [1.82, 2.24) is 10.6 Å². The quantitative estimate of drug-likeness (QED) is 0.478. The molecule has 0 saturated heterocycles. The number of nitrogens with one attached hydrogen (secondary N) is 2. The Kier molecular flexibility index (Phi) is 5.17. The van der Waals surface area contributed by atoms with E-state index in [4.69, 9.17) is 4.74 Å². The summed E-state index contributed by atoms with van der Waals surface area (Å²) in [6.07, 6.45) is 0.0982. The molecule has 0 heterocycles. The SMILES string of the molecule is CNC(=O)O/N=C/c1cccc(OC(=O)NC)c1. The Hall–Kier alpha value is -2.57. The van der Waals surface area contributed by atoms with E-state index >= 15 is 0 Å². The van der Waals surface area contributed by atoms with Crippen molar-refractivity contribution < 1.29 is 19.2 Å². The van der Waals surface area contributed by atoms with Crippen LogP contribution in [0.3, 0.4) is 0 Å². The summed E-state index contributed by atoms with van der Waals surface area (Å²) >= 11 is 0. The first kappa shape index (κ1) is 13.5. The van der Waals surface area contributed by atoms with E-state index in [2.05, 4.69) is 20.6 Å². The zero-order valence-electron chi connectivity index (χ0n) is 9.97. The second-order valence-electron chi connectivity index (χ2n) is 3.08. The van der Waals surface area contributed by atoms with E-state index in [0.29, 0.717) is 11.3 Å². The Morgan fingerprint density at radius 3 is 2.61 bits per heavy atom. The molecule has 0 aliphatic carbocycles. The zero-order valence-corrected chi connectivity index (χ0v) is 9.97. The first-order valence-electron chi connectivity index (χ1n) is 5.07. The number of amides is 2. The molecule has 2 amide bonds. The first-order valence-corrected chi connectivity index (χ1v) is 5.07. The first-order chi connectivity index (χ1) is 8.65. The predicted octanol–water partition coefficient (Wildman–Crippen LogP) is 1.09. The number of benzene rings is 1. The highest BCUT2D eigenvalue weighted by atomic mass is 16.7. The van der Waals surface area contributed by atoms with Gasteiger partial charge in [0.25, 0.3) is 0 Å². The van der Waals surface area contributed by atoms with Crippen LogP contribution in [0.15, 0.2) is 29.4 Å². The van der Waals surface area contributed by atoms with Crippen LogP contribution in [0.5, 0.6) is 5.75 Å². The Balaban J connectivity index is 2.64. The molecule has 1 rings (SSSR count). The standard InChI is InChI=1S/C11H13N3O4/c1-12-10(15)17-9-5-3-4-8(6-9)7-14-18-11(16)13-2/h3-7H,1-2H3,(H,12,15)(H,13,16)/b14-7+. The summed E-state index contributed by atoms with van der Waals surface area (Å²) in [7, 11) is 2.89. The minimum absolute atomic E-state index is 0.359. The summed E-state index contributed by atoms with van der Waals surface area (Å²) in [6, 6.07) is 6.59. The van der Waals surface area contributed by atoms with Gasteiger partial charge in [0.05, 0.1) is 6.21 Å². The van der Waals surface area contributed by atoms with Crippen LogP contribution >= 0.6 is 0 Å². The fraction of sp³-hybridized carbons (Fsp3) is 0.182. The number of rotatable bonds is 3. The summed E-state index contributed by atoms with van der Waals surface area (Å²) < 4.78 is 4.92. The van der Waals surface area contributed by atoms with Gasteiger partial charge in [0.2, 0.25) is 0 Å². The number of ether oxygens (including phenoxy) is 1. The molecule has 0 spiro atoms. The van der Waals surface area contributed by atoms with E-state index in [-0.39, 0.29) is 0 Å². The largest absolute Gasteiger partial charge is 0.433 e. The summed E-state index contributed by atoms with van der Waals surface area (Å²) in [6.45, 7) is 0. The number of carbonyl (C=O) groups is 2. The molecule has 96 valence electrons. The lowest BCUT2D eigenvalue weighted by molar-refractivity contribution is 0.154. The number of oxime groups is 1. The van der Waals surface area contributed by atoms with Crippen molar-refractivity contribution in [3.05, 3.63) is 29.8 Å². The second-order valence-corrected chi connectivity index (χ2v) is 3.08. The van der Waals surface area contributed by atoms with Crippen molar-refractivity contribution in [2.75, 3.05) is 14.1 Å². The lowest BCUT2D eigenvalue weighted by Crippen LogP contribution is -2.22. The minimum Gasteiger partial charge on any atom is -0.410 e. The maximum atomic E-state index is 11.0. The van der Waals surface area contributed by atoms with Crippen LogP contribution < -0.4 is 15.4 Å². The van der Waals surface area contributed by atoms with Crippen molar-refractivity contribution in [3.8, 4) is 5.75 Å². The number of hydrogen-bond acceptors (Lipinski definition) is 5. The molecule has 1 aromatic carbocycles. The highest BCUT2D eigenvalue weighted by molar-refractivity contribution is 5.81. The number of hydrogen-bond donors (Lipinski definition) is 2. The number of carbonyl (C=O) groups excluding carboxylic acids is 2. The van der Waals surface area contributed by atoms with Crippen LogP contribution in [0.1, 0.15) is 5.56 Å². The molecular weight excluding hydrogens is 238 g/mol. The molecule has 7 heteroatoms. The molecular formula is C11H13N3O4. The molecule has 0 aliphatic heterocycles. The zero-order chi connectivity index (χ0) is 13.4. The van der Waals surface area contributed by atoms with E-state index in [0.717, 1.165) is 0 Å². The van der Waals surface area contributed by atoms with Gasteiger partial charge in [-0.3, -0.25) is 4.84 Å². The van der Waals surface area contributed by atoms with Gasteiger partial charge < -0.3 is 15.4 Å². The normalized spacial score (nSPS) is 9.89. The molecule has 0 aliphatic rings. The highest BCUT2D eigenvalue weighted by Crippen LogP contribution is 2.12. The molecule has 0 saturated carbocycles. The monoisotopic (exact) mass is 251 g/mol. The molecule has 7 nitrogen and oxygen atoms in total. The molecule has 18 heavy (non-hydrogen) atoms. The lowest BCUT2D eigenvalue weighted by atomic mass is 10.2. The van der Waals surface area contributed by atoms with Gasteiger partial charge in [-0.2, -0.15) is 0 Å². The summed E-state index contributed by atoms with van der Waals surface area (Å²) in [5, 5.41) is 8.03. The van der Waals surface area contributed by atoms with E-state index in [1.165, 1.54) is 20.3 Å². The van der Waals surface area contributed by atoms with Gasteiger partial charge >= 0.3 is 12.2 Å². The highest BCUT2D eigenvalue weighted by Gasteiger charge is 2.01. The van der Waals surface area contributed by atoms with E-state index in [1.807, 2.05) is 0 Å². The van der Waals surface area contributed by atoms with Gasteiger partial charge in [-0.05, 0) is 17.7 Å². The van der Waals surface area contributed by atoms with E-state index < -0.39 is 12.2 Å². The third-order valence-electron chi connectivity index (χ3n) is 1.81. The van der Waals surface area contributed by atoms with Crippen molar-refractivity contribution in [1.29, 1.82) is 0 Å². The topological polar surface area (TPSA) is 89.0 Å². The lowest BCUT2D eigenvalue weighted by Gasteiger charge is -2.03. The van der Waals surface area contributed by atoms with Crippen LogP contribution in [-0.2, 0) is 4.84 Å². The summed E-state index contributed by atoms with van der Waals surface area (Å²) in [5.74, 6) is 0.359. The fourth-order valence-corrected chi connectivity index (χ4v) is 0.997. The van der Waals surface area contributed by atoms with Crippen LogP contribution in [0, 0.1) is 0 Å². The second kappa shape index (κ2) is 6.89. The number of nitrogens with zero attached hydrogens (tertiary/aromatic N) is 1. The third-order valence-corrected chi connectivity index (χ3v) is 1.81. The fourth-order valence-electron chi connectivity index (χ4n) is 0.997. The molecule has 0 aromatic heterocycles. The maximum Gasteiger partial charge on any atom is 0.433 e. The van der Waals surface area contributed by atoms with E-state index in [1.54, 1.807) is 24.3 Å². The van der Waals surface area contributed by atoms with Gasteiger partial charge in [0.1, 0.15) is 5.75 Å². The Morgan fingerprint density at radius 1 is 1.22 bits per heavy atom. The van der Waals surface area contributed by atoms with Crippen LogP contribution in [0.25, 0.3) is 0 Å². The Labute approximate surface area is 104 Å². The molecule has 0 bridgehead atoms.